The summed E-state index contributed by atoms with van der Waals surface area (Å²) in [7, 11) is 0. The van der Waals surface area contributed by atoms with Crippen molar-refractivity contribution in [1.29, 1.82) is 0 Å². The van der Waals surface area contributed by atoms with Crippen LogP contribution < -0.4 is 15.4 Å². The van der Waals surface area contributed by atoms with Crippen LogP contribution >= 0.6 is 15.9 Å². The van der Waals surface area contributed by atoms with Crippen molar-refractivity contribution in [1.82, 2.24) is 5.32 Å². The van der Waals surface area contributed by atoms with Crippen LogP contribution in [-0.2, 0) is 6.42 Å². The average molecular weight is 481 g/mol. The summed E-state index contributed by atoms with van der Waals surface area (Å²) in [5, 5.41) is 5.76. The first kappa shape index (κ1) is 22.6. The minimum absolute atomic E-state index is 0.0308. The van der Waals surface area contributed by atoms with Crippen molar-refractivity contribution >= 4 is 33.4 Å². The summed E-state index contributed by atoms with van der Waals surface area (Å²) >= 11 is 3.45. The molecule has 0 aromatic heterocycles. The maximum atomic E-state index is 12.8. The topological polar surface area (TPSA) is 67.4 Å². The molecule has 0 aliphatic heterocycles. The van der Waals surface area contributed by atoms with Crippen molar-refractivity contribution < 1.29 is 14.3 Å². The summed E-state index contributed by atoms with van der Waals surface area (Å²) in [6.07, 6.45) is 0.767. The van der Waals surface area contributed by atoms with E-state index in [0.717, 1.165) is 12.0 Å². The highest BCUT2D eigenvalue weighted by molar-refractivity contribution is 9.10. The van der Waals surface area contributed by atoms with E-state index in [2.05, 4.69) is 26.6 Å². The molecular formula is C25H25BrN2O3. The van der Waals surface area contributed by atoms with Gasteiger partial charge in [-0.1, -0.05) is 42.5 Å². The van der Waals surface area contributed by atoms with Crippen LogP contribution in [0, 0.1) is 0 Å². The molecule has 0 atom stereocenters. The zero-order valence-corrected chi connectivity index (χ0v) is 19.1. The highest BCUT2D eigenvalue weighted by Gasteiger charge is 2.15. The van der Waals surface area contributed by atoms with Gasteiger partial charge >= 0.3 is 0 Å². The van der Waals surface area contributed by atoms with E-state index in [1.54, 1.807) is 42.5 Å². The van der Waals surface area contributed by atoms with Gasteiger partial charge in [0, 0.05) is 12.1 Å². The minimum atomic E-state index is -0.304. The summed E-state index contributed by atoms with van der Waals surface area (Å²) in [4.78, 5) is 25.5. The number of hydrogen-bond donors (Lipinski definition) is 2. The number of amides is 2. The van der Waals surface area contributed by atoms with Crippen LogP contribution in [0.4, 0.5) is 5.69 Å². The maximum Gasteiger partial charge on any atom is 0.255 e. The number of carbonyl (C=O) groups is 2. The number of para-hydroxylation sites is 1. The van der Waals surface area contributed by atoms with Crippen LogP contribution in [-0.4, -0.2) is 24.5 Å². The fraction of sp³-hybridized carbons (Fsp3) is 0.200. The summed E-state index contributed by atoms with van der Waals surface area (Å²) in [6.45, 7) is 4.39. The number of ether oxygens (including phenoxy) is 1. The van der Waals surface area contributed by atoms with Gasteiger partial charge in [0.2, 0.25) is 0 Å². The van der Waals surface area contributed by atoms with E-state index >= 15 is 0 Å². The molecule has 0 radical (unpaired) electrons. The van der Waals surface area contributed by atoms with Gasteiger partial charge in [-0.15, -0.1) is 0 Å². The van der Waals surface area contributed by atoms with Gasteiger partial charge in [0.1, 0.15) is 5.75 Å². The lowest BCUT2D eigenvalue weighted by atomic mass is 10.1. The van der Waals surface area contributed by atoms with Crippen LogP contribution in [0.2, 0.25) is 0 Å². The number of halogens is 1. The largest absolute Gasteiger partial charge is 0.490 e. The summed E-state index contributed by atoms with van der Waals surface area (Å²) in [5.74, 6) is 0.139. The standard InChI is InChI=1S/C25H25BrN2O3/c1-17(2)31-23-13-12-19(16-21(23)26)24(29)28-22-11-7-6-10-20(22)25(30)27-15-14-18-8-4-3-5-9-18/h3-13,16-17H,14-15H2,1-2H3,(H,27,30)(H,28,29). The molecular weight excluding hydrogens is 456 g/mol. The van der Waals surface area contributed by atoms with Gasteiger partial charge in [-0.05, 0) is 72.1 Å². The van der Waals surface area contributed by atoms with Crippen LogP contribution in [0.15, 0.2) is 77.3 Å². The number of nitrogens with one attached hydrogen (secondary N) is 2. The molecule has 3 aromatic carbocycles. The third-order valence-corrected chi connectivity index (χ3v) is 5.14. The Balaban J connectivity index is 1.66. The first-order valence-corrected chi connectivity index (χ1v) is 10.9. The first-order chi connectivity index (χ1) is 14.9. The molecule has 0 saturated carbocycles. The Kier molecular flexibility index (Phi) is 7.84. The Labute approximate surface area is 191 Å². The van der Waals surface area contributed by atoms with E-state index < -0.39 is 0 Å². The highest BCUT2D eigenvalue weighted by Crippen LogP contribution is 2.27. The molecule has 0 aliphatic rings. The molecule has 3 aromatic rings. The van der Waals surface area contributed by atoms with Gasteiger partial charge in [0.25, 0.3) is 11.8 Å². The molecule has 5 nitrogen and oxygen atoms in total. The van der Waals surface area contributed by atoms with E-state index in [0.29, 0.717) is 33.6 Å². The second-order valence-corrected chi connectivity index (χ2v) is 8.16. The van der Waals surface area contributed by atoms with E-state index in [4.69, 9.17) is 4.74 Å². The smallest absolute Gasteiger partial charge is 0.255 e. The number of anilines is 1. The van der Waals surface area contributed by atoms with Crippen molar-refractivity contribution in [2.24, 2.45) is 0 Å². The number of hydrogen-bond acceptors (Lipinski definition) is 3. The van der Waals surface area contributed by atoms with E-state index in [9.17, 15) is 9.59 Å². The number of benzene rings is 3. The van der Waals surface area contributed by atoms with Gasteiger partial charge in [0.15, 0.2) is 0 Å². The fourth-order valence-corrected chi connectivity index (χ4v) is 3.51. The minimum Gasteiger partial charge on any atom is -0.490 e. The van der Waals surface area contributed by atoms with E-state index in [1.807, 2.05) is 44.2 Å². The molecule has 0 bridgehead atoms. The Morgan fingerprint density at radius 1 is 0.935 bits per heavy atom. The second kappa shape index (κ2) is 10.8. The molecule has 0 fully saturated rings. The Morgan fingerprint density at radius 2 is 1.65 bits per heavy atom. The van der Waals surface area contributed by atoms with Gasteiger partial charge in [-0.3, -0.25) is 9.59 Å². The maximum absolute atomic E-state index is 12.8. The number of carbonyl (C=O) groups excluding carboxylic acids is 2. The fourth-order valence-electron chi connectivity index (χ4n) is 3.04. The molecule has 0 heterocycles. The molecule has 160 valence electrons. The molecule has 0 aliphatic carbocycles. The monoisotopic (exact) mass is 480 g/mol. The summed E-state index contributed by atoms with van der Waals surface area (Å²) in [5.41, 5.74) is 2.49. The van der Waals surface area contributed by atoms with Crippen molar-refractivity contribution in [2.75, 3.05) is 11.9 Å². The van der Waals surface area contributed by atoms with E-state index in [1.165, 1.54) is 0 Å². The van der Waals surface area contributed by atoms with Crippen LogP contribution in [0.5, 0.6) is 5.75 Å². The quantitative estimate of drug-likeness (QED) is 0.449. The molecule has 0 unspecified atom stereocenters. The van der Waals surface area contributed by atoms with Gasteiger partial charge < -0.3 is 15.4 Å². The first-order valence-electron chi connectivity index (χ1n) is 10.1. The van der Waals surface area contributed by atoms with Crippen molar-refractivity contribution in [3.8, 4) is 5.75 Å². The molecule has 0 spiro atoms. The Hall–Kier alpha value is -3.12. The Bertz CT molecular complexity index is 1050. The van der Waals surface area contributed by atoms with Gasteiger partial charge in [-0.25, -0.2) is 0 Å². The van der Waals surface area contributed by atoms with Crippen molar-refractivity contribution in [3.63, 3.8) is 0 Å². The molecule has 2 amide bonds. The predicted octanol–water partition coefficient (Wildman–Crippen LogP) is 5.46. The van der Waals surface area contributed by atoms with Crippen LogP contribution in [0.25, 0.3) is 0 Å². The third-order valence-electron chi connectivity index (χ3n) is 4.52. The van der Waals surface area contributed by atoms with Crippen LogP contribution in [0.1, 0.15) is 40.1 Å². The predicted molar refractivity (Wildman–Crippen MR) is 127 cm³/mol. The SMILES string of the molecule is CC(C)Oc1ccc(C(=O)Nc2ccccc2C(=O)NCCc2ccccc2)cc1Br. The Morgan fingerprint density at radius 3 is 2.35 bits per heavy atom. The second-order valence-electron chi connectivity index (χ2n) is 7.30. The third kappa shape index (κ3) is 6.43. The lowest BCUT2D eigenvalue weighted by Gasteiger charge is -2.14. The summed E-state index contributed by atoms with van der Waals surface area (Å²) < 4.78 is 6.38. The van der Waals surface area contributed by atoms with E-state index in [-0.39, 0.29) is 17.9 Å². The zero-order valence-electron chi connectivity index (χ0n) is 17.5. The van der Waals surface area contributed by atoms with Crippen molar-refractivity contribution in [3.05, 3.63) is 94.0 Å². The zero-order chi connectivity index (χ0) is 22.2. The normalized spacial score (nSPS) is 10.6. The molecule has 0 saturated heterocycles. The molecule has 3 rings (SSSR count). The number of rotatable bonds is 8. The van der Waals surface area contributed by atoms with Gasteiger partial charge in [-0.2, -0.15) is 0 Å². The van der Waals surface area contributed by atoms with Crippen LogP contribution in [0.3, 0.4) is 0 Å². The van der Waals surface area contributed by atoms with Gasteiger partial charge in [0.05, 0.1) is 21.8 Å². The highest BCUT2D eigenvalue weighted by atomic mass is 79.9. The van der Waals surface area contributed by atoms with Crippen molar-refractivity contribution in [2.45, 2.75) is 26.4 Å². The molecule has 6 heteroatoms. The summed E-state index contributed by atoms with van der Waals surface area (Å²) in [6, 6.07) is 22.1. The lowest BCUT2D eigenvalue weighted by Crippen LogP contribution is -2.27. The lowest BCUT2D eigenvalue weighted by molar-refractivity contribution is 0.0955. The molecule has 31 heavy (non-hydrogen) atoms. The average Bonchev–Trinajstić information content (AvgIpc) is 2.76. The molecule has 2 N–H and O–H groups in total.